The fourth-order valence-electron chi connectivity index (χ4n) is 1.45. The van der Waals surface area contributed by atoms with Gasteiger partial charge in [0.05, 0.1) is 6.04 Å². The van der Waals surface area contributed by atoms with Gasteiger partial charge in [-0.3, -0.25) is 4.79 Å². The number of carboxylic acid groups (broad SMARTS) is 1. The van der Waals surface area contributed by atoms with Gasteiger partial charge in [0.15, 0.2) is 0 Å². The number of carbonyl (C=O) groups is 2. The second kappa shape index (κ2) is 7.00. The molecule has 0 aliphatic carbocycles. The molecule has 0 spiro atoms. The highest BCUT2D eigenvalue weighted by molar-refractivity contribution is 7.12. The summed E-state index contributed by atoms with van der Waals surface area (Å²) >= 11 is 1.65. The van der Waals surface area contributed by atoms with Crippen LogP contribution in [0, 0.1) is 6.92 Å². The molecule has 1 aromatic heterocycles. The standard InChI is InChI=1S/C12H18N2O3S/c1-8-5-6-10(18-8)9(2)14-12(17)13-7-3-4-11(15)16/h5-6,9H,3-4,7H2,1-2H3,(H,15,16)(H2,13,14,17). The molecule has 6 heteroatoms. The SMILES string of the molecule is Cc1ccc(C(C)NC(=O)NCCCC(=O)O)s1. The van der Waals surface area contributed by atoms with Gasteiger partial charge in [0.1, 0.15) is 0 Å². The normalized spacial score (nSPS) is 11.9. The summed E-state index contributed by atoms with van der Waals surface area (Å²) < 4.78 is 0. The highest BCUT2D eigenvalue weighted by atomic mass is 32.1. The van der Waals surface area contributed by atoms with Crippen LogP contribution in [0.4, 0.5) is 4.79 Å². The van der Waals surface area contributed by atoms with Crippen molar-refractivity contribution >= 4 is 23.3 Å². The van der Waals surface area contributed by atoms with Crippen LogP contribution in [0.3, 0.4) is 0 Å². The molecule has 3 N–H and O–H groups in total. The van der Waals surface area contributed by atoms with Crippen molar-refractivity contribution in [2.24, 2.45) is 0 Å². The molecule has 5 nitrogen and oxygen atoms in total. The van der Waals surface area contributed by atoms with Crippen molar-refractivity contribution in [2.45, 2.75) is 32.7 Å². The number of hydrogen-bond acceptors (Lipinski definition) is 3. The minimum atomic E-state index is -0.848. The summed E-state index contributed by atoms with van der Waals surface area (Å²) in [5.74, 6) is -0.848. The Balaban J connectivity index is 2.25. The molecule has 0 fully saturated rings. The largest absolute Gasteiger partial charge is 0.481 e. The third-order valence-corrected chi connectivity index (χ3v) is 3.57. The van der Waals surface area contributed by atoms with Gasteiger partial charge in [-0.15, -0.1) is 11.3 Å². The summed E-state index contributed by atoms with van der Waals surface area (Å²) in [5, 5.41) is 13.9. The molecule has 0 bridgehead atoms. The number of hydrogen-bond donors (Lipinski definition) is 3. The van der Waals surface area contributed by atoms with Gasteiger partial charge in [0, 0.05) is 22.7 Å². The van der Waals surface area contributed by atoms with Crippen LogP contribution in [0.15, 0.2) is 12.1 Å². The van der Waals surface area contributed by atoms with Crippen molar-refractivity contribution in [1.82, 2.24) is 10.6 Å². The Bertz CT molecular complexity index is 417. The highest BCUT2D eigenvalue weighted by Gasteiger charge is 2.10. The van der Waals surface area contributed by atoms with Crippen LogP contribution in [0.5, 0.6) is 0 Å². The number of nitrogens with one attached hydrogen (secondary N) is 2. The number of carbonyl (C=O) groups excluding carboxylic acids is 1. The van der Waals surface area contributed by atoms with Crippen LogP contribution in [-0.4, -0.2) is 23.7 Å². The van der Waals surface area contributed by atoms with Gasteiger partial charge in [0.25, 0.3) is 0 Å². The fourth-order valence-corrected chi connectivity index (χ4v) is 2.33. The average Bonchev–Trinajstić information content (AvgIpc) is 2.71. The molecule has 0 aliphatic rings. The lowest BCUT2D eigenvalue weighted by Crippen LogP contribution is -2.37. The molecule has 100 valence electrons. The summed E-state index contributed by atoms with van der Waals surface area (Å²) in [6, 6.07) is 3.71. The van der Waals surface area contributed by atoms with Gasteiger partial charge < -0.3 is 15.7 Å². The minimum absolute atomic E-state index is 0.0387. The van der Waals surface area contributed by atoms with Crippen molar-refractivity contribution < 1.29 is 14.7 Å². The second-order valence-corrected chi connectivity index (χ2v) is 5.39. The lowest BCUT2D eigenvalue weighted by molar-refractivity contribution is -0.137. The quantitative estimate of drug-likeness (QED) is 0.694. The Morgan fingerprint density at radius 3 is 2.72 bits per heavy atom. The first-order chi connectivity index (χ1) is 8.49. The first-order valence-corrected chi connectivity index (χ1v) is 6.63. The number of thiophene rings is 1. The summed E-state index contributed by atoms with van der Waals surface area (Å²) in [7, 11) is 0. The predicted octanol–water partition coefficient (Wildman–Crippen LogP) is 2.28. The van der Waals surface area contributed by atoms with Crippen molar-refractivity contribution in [2.75, 3.05) is 6.54 Å². The van der Waals surface area contributed by atoms with E-state index in [4.69, 9.17) is 5.11 Å². The van der Waals surface area contributed by atoms with E-state index in [1.165, 1.54) is 4.88 Å². The molecule has 0 saturated carbocycles. The molecule has 0 radical (unpaired) electrons. The molecule has 1 heterocycles. The Labute approximate surface area is 110 Å². The number of aryl methyl sites for hydroxylation is 1. The topological polar surface area (TPSA) is 78.4 Å². The average molecular weight is 270 g/mol. The van der Waals surface area contributed by atoms with E-state index in [0.717, 1.165) is 4.88 Å². The van der Waals surface area contributed by atoms with Crippen LogP contribution in [-0.2, 0) is 4.79 Å². The van der Waals surface area contributed by atoms with Gasteiger partial charge in [-0.25, -0.2) is 4.79 Å². The Hall–Kier alpha value is -1.56. The second-order valence-electron chi connectivity index (χ2n) is 4.07. The number of rotatable bonds is 6. The van der Waals surface area contributed by atoms with Crippen molar-refractivity contribution in [3.05, 3.63) is 21.9 Å². The zero-order valence-electron chi connectivity index (χ0n) is 10.5. The first kappa shape index (κ1) is 14.5. The maximum absolute atomic E-state index is 11.5. The zero-order chi connectivity index (χ0) is 13.5. The van der Waals surface area contributed by atoms with Crippen LogP contribution in [0.25, 0.3) is 0 Å². The van der Waals surface area contributed by atoms with Gasteiger partial charge in [-0.05, 0) is 32.4 Å². The number of aliphatic carboxylic acids is 1. The van der Waals surface area contributed by atoms with Crippen molar-refractivity contribution in [3.63, 3.8) is 0 Å². The Morgan fingerprint density at radius 2 is 2.17 bits per heavy atom. The number of amides is 2. The zero-order valence-corrected chi connectivity index (χ0v) is 11.3. The Kier molecular flexibility index (Phi) is 5.64. The molecular weight excluding hydrogens is 252 g/mol. The fraction of sp³-hybridized carbons (Fsp3) is 0.500. The summed E-state index contributed by atoms with van der Waals surface area (Å²) in [6.45, 7) is 4.31. The summed E-state index contributed by atoms with van der Waals surface area (Å²) in [5.41, 5.74) is 0. The number of urea groups is 1. The molecule has 1 aromatic rings. The summed E-state index contributed by atoms with van der Waals surface area (Å²) in [4.78, 5) is 24.1. The Morgan fingerprint density at radius 1 is 1.44 bits per heavy atom. The van der Waals surface area contributed by atoms with Crippen molar-refractivity contribution in [1.29, 1.82) is 0 Å². The van der Waals surface area contributed by atoms with Crippen LogP contribution >= 0.6 is 11.3 Å². The van der Waals surface area contributed by atoms with Gasteiger partial charge in [0.2, 0.25) is 0 Å². The molecule has 0 aromatic carbocycles. The van der Waals surface area contributed by atoms with Crippen LogP contribution in [0.1, 0.15) is 35.6 Å². The molecular formula is C12H18N2O3S. The molecule has 0 saturated heterocycles. The van der Waals surface area contributed by atoms with E-state index in [2.05, 4.69) is 10.6 Å². The van der Waals surface area contributed by atoms with Gasteiger partial charge >= 0.3 is 12.0 Å². The predicted molar refractivity (Wildman–Crippen MR) is 70.9 cm³/mol. The highest BCUT2D eigenvalue weighted by Crippen LogP contribution is 2.21. The smallest absolute Gasteiger partial charge is 0.315 e. The van der Waals surface area contributed by atoms with E-state index in [1.54, 1.807) is 11.3 Å². The first-order valence-electron chi connectivity index (χ1n) is 5.81. The lowest BCUT2D eigenvalue weighted by atomic mass is 10.3. The third kappa shape index (κ3) is 5.18. The van der Waals surface area contributed by atoms with E-state index in [1.807, 2.05) is 26.0 Å². The molecule has 1 rings (SSSR count). The molecule has 0 aliphatic heterocycles. The number of carboxylic acids is 1. The maximum Gasteiger partial charge on any atom is 0.315 e. The summed E-state index contributed by atoms with van der Waals surface area (Å²) in [6.07, 6.45) is 0.509. The van der Waals surface area contributed by atoms with Crippen LogP contribution in [0.2, 0.25) is 0 Å². The van der Waals surface area contributed by atoms with Gasteiger partial charge in [-0.2, -0.15) is 0 Å². The molecule has 1 unspecified atom stereocenters. The molecule has 1 atom stereocenters. The third-order valence-electron chi connectivity index (χ3n) is 2.39. The van der Waals surface area contributed by atoms with E-state index in [0.29, 0.717) is 13.0 Å². The van der Waals surface area contributed by atoms with E-state index in [9.17, 15) is 9.59 Å². The van der Waals surface area contributed by atoms with Crippen LogP contribution < -0.4 is 10.6 Å². The minimum Gasteiger partial charge on any atom is -0.481 e. The molecule has 18 heavy (non-hydrogen) atoms. The van der Waals surface area contributed by atoms with E-state index >= 15 is 0 Å². The van der Waals surface area contributed by atoms with E-state index in [-0.39, 0.29) is 18.5 Å². The monoisotopic (exact) mass is 270 g/mol. The van der Waals surface area contributed by atoms with E-state index < -0.39 is 5.97 Å². The lowest BCUT2D eigenvalue weighted by Gasteiger charge is -2.12. The van der Waals surface area contributed by atoms with Crippen molar-refractivity contribution in [3.8, 4) is 0 Å². The maximum atomic E-state index is 11.5. The molecule has 2 amide bonds. The van der Waals surface area contributed by atoms with Gasteiger partial charge in [-0.1, -0.05) is 0 Å².